The number of fused-ring (bicyclic) bond motifs is 1. The van der Waals surface area contributed by atoms with Gasteiger partial charge in [-0.1, -0.05) is 17.4 Å². The molecule has 5 rings (SSSR count). The van der Waals surface area contributed by atoms with Crippen molar-refractivity contribution in [3.05, 3.63) is 36.7 Å². The highest BCUT2D eigenvalue weighted by Gasteiger charge is 2.24. The number of piperidine rings is 1. The van der Waals surface area contributed by atoms with E-state index in [1.165, 1.54) is 12.8 Å². The zero-order valence-electron chi connectivity index (χ0n) is 17.7. The van der Waals surface area contributed by atoms with E-state index in [0.717, 1.165) is 34.0 Å². The Morgan fingerprint density at radius 2 is 2.03 bits per heavy atom. The quantitative estimate of drug-likeness (QED) is 0.439. The van der Waals surface area contributed by atoms with Crippen LogP contribution in [0.2, 0.25) is 0 Å². The Morgan fingerprint density at radius 1 is 1.19 bits per heavy atom. The van der Waals surface area contributed by atoms with Crippen LogP contribution in [0.25, 0.3) is 32.7 Å². The maximum Gasteiger partial charge on any atom is 0.194 e. The molecule has 0 bridgehead atoms. The maximum atomic E-state index is 10.6. The Kier molecular flexibility index (Phi) is 7.55. The van der Waals surface area contributed by atoms with Crippen molar-refractivity contribution in [2.75, 3.05) is 32.1 Å². The predicted molar refractivity (Wildman–Crippen MR) is 133 cm³/mol. The van der Waals surface area contributed by atoms with Crippen molar-refractivity contribution in [1.82, 2.24) is 30.3 Å². The summed E-state index contributed by atoms with van der Waals surface area (Å²) in [5.74, 6) is 0.162. The van der Waals surface area contributed by atoms with Crippen LogP contribution in [0.5, 0.6) is 5.75 Å². The first-order chi connectivity index (χ1) is 14.6. The Balaban J connectivity index is 0.00000144. The first-order valence-electron chi connectivity index (χ1n) is 9.96. The summed E-state index contributed by atoms with van der Waals surface area (Å²) in [6.07, 6.45) is 5.89. The molecule has 3 aromatic heterocycles. The van der Waals surface area contributed by atoms with Crippen LogP contribution in [-0.2, 0) is 0 Å². The van der Waals surface area contributed by atoms with E-state index in [1.807, 2.05) is 18.2 Å². The van der Waals surface area contributed by atoms with Crippen LogP contribution in [0.3, 0.4) is 0 Å². The highest BCUT2D eigenvalue weighted by atomic mass is 35.5. The van der Waals surface area contributed by atoms with E-state index in [0.29, 0.717) is 22.9 Å². The standard InChI is InChI=1S/C21H23N7OS.2ClH/c1-27-7-3-4-15(12-27)28(2)21-24-20-19(30-21)9-17(25-26-20)16-6-5-13(8-18(16)29)14-10-22-23-11-14;;/h5-6,8-11,15,29H,3-4,7,12H2,1-2H3,(H,22,23);2*1H/t15-;;/m0../s1. The predicted octanol–water partition coefficient (Wildman–Crippen LogP) is 4.22. The summed E-state index contributed by atoms with van der Waals surface area (Å²) < 4.78 is 0.962. The van der Waals surface area contributed by atoms with Gasteiger partial charge in [0.15, 0.2) is 10.8 Å². The monoisotopic (exact) mass is 493 g/mol. The van der Waals surface area contributed by atoms with Gasteiger partial charge in [0.05, 0.1) is 16.6 Å². The molecule has 32 heavy (non-hydrogen) atoms. The maximum absolute atomic E-state index is 10.6. The molecule has 1 saturated heterocycles. The van der Waals surface area contributed by atoms with E-state index in [4.69, 9.17) is 4.98 Å². The molecule has 1 aromatic carbocycles. The van der Waals surface area contributed by atoms with Crippen LogP contribution in [-0.4, -0.2) is 68.6 Å². The summed E-state index contributed by atoms with van der Waals surface area (Å²) in [5, 5.41) is 26.9. The van der Waals surface area contributed by atoms with E-state index in [2.05, 4.69) is 44.3 Å². The number of anilines is 1. The number of benzene rings is 1. The van der Waals surface area contributed by atoms with Crippen LogP contribution >= 0.6 is 36.2 Å². The number of phenolic OH excluding ortho intramolecular Hbond substituents is 1. The number of hydrogen-bond acceptors (Lipinski definition) is 8. The minimum Gasteiger partial charge on any atom is -0.507 e. The number of aromatic hydroxyl groups is 1. The number of hydrogen-bond donors (Lipinski definition) is 2. The summed E-state index contributed by atoms with van der Waals surface area (Å²) in [6, 6.07) is 7.93. The molecule has 4 aromatic rings. The molecule has 0 saturated carbocycles. The molecule has 11 heteroatoms. The van der Waals surface area contributed by atoms with Crippen LogP contribution in [0.1, 0.15) is 12.8 Å². The van der Waals surface area contributed by atoms with Crippen molar-refractivity contribution in [2.45, 2.75) is 18.9 Å². The van der Waals surface area contributed by atoms with Gasteiger partial charge in [-0.3, -0.25) is 5.10 Å². The number of rotatable bonds is 4. The number of nitrogens with zero attached hydrogens (tertiary/aromatic N) is 6. The van der Waals surface area contributed by atoms with Gasteiger partial charge in [-0.25, -0.2) is 0 Å². The first kappa shape index (κ1) is 24.2. The molecule has 2 N–H and O–H groups in total. The zero-order valence-corrected chi connectivity index (χ0v) is 20.2. The molecule has 1 aliphatic rings. The number of likely N-dealkylation sites (tertiary alicyclic amines) is 1. The fraction of sp³-hybridized carbons (Fsp3) is 0.333. The second-order valence-corrected chi connectivity index (χ2v) is 8.81. The van der Waals surface area contributed by atoms with Crippen molar-refractivity contribution in [2.24, 2.45) is 0 Å². The van der Waals surface area contributed by atoms with E-state index in [-0.39, 0.29) is 30.6 Å². The van der Waals surface area contributed by atoms with Gasteiger partial charge in [-0.15, -0.1) is 35.0 Å². The third-order valence-electron chi connectivity index (χ3n) is 5.70. The SMILES string of the molecule is CN1CCC[C@H](N(C)c2nc3nnc(-c4ccc(-c5cn[nH]c5)cc4O)cc3s2)C1.Cl.Cl. The second-order valence-electron chi connectivity index (χ2n) is 7.80. The number of nitrogens with one attached hydrogen (secondary N) is 1. The van der Waals surface area contributed by atoms with E-state index in [1.54, 1.807) is 29.8 Å². The lowest BCUT2D eigenvalue weighted by molar-refractivity contribution is 0.248. The Labute approximate surface area is 202 Å². The Morgan fingerprint density at radius 3 is 2.75 bits per heavy atom. The van der Waals surface area contributed by atoms with Crippen molar-refractivity contribution in [1.29, 1.82) is 0 Å². The summed E-state index contributed by atoms with van der Waals surface area (Å²) >= 11 is 1.62. The van der Waals surface area contributed by atoms with Crippen LogP contribution in [0, 0.1) is 0 Å². The summed E-state index contributed by atoms with van der Waals surface area (Å²) in [7, 11) is 4.27. The third kappa shape index (κ3) is 4.66. The van der Waals surface area contributed by atoms with Gasteiger partial charge in [0, 0.05) is 37.0 Å². The van der Waals surface area contributed by atoms with E-state index >= 15 is 0 Å². The first-order valence-corrected chi connectivity index (χ1v) is 10.8. The highest BCUT2D eigenvalue weighted by molar-refractivity contribution is 7.22. The third-order valence-corrected chi connectivity index (χ3v) is 6.78. The summed E-state index contributed by atoms with van der Waals surface area (Å²) in [5.41, 5.74) is 3.73. The smallest absolute Gasteiger partial charge is 0.194 e. The average molecular weight is 494 g/mol. The number of H-pyrrole nitrogens is 1. The van der Waals surface area contributed by atoms with Gasteiger partial charge >= 0.3 is 0 Å². The normalized spacial score (nSPS) is 16.4. The van der Waals surface area contributed by atoms with Crippen molar-refractivity contribution >= 4 is 51.6 Å². The number of thiazole rings is 1. The fourth-order valence-electron chi connectivity index (χ4n) is 3.96. The Hall–Kier alpha value is -2.46. The number of halogens is 2. The van der Waals surface area contributed by atoms with E-state index < -0.39 is 0 Å². The number of aromatic nitrogens is 5. The average Bonchev–Trinajstić information content (AvgIpc) is 3.42. The molecule has 0 aliphatic carbocycles. The lowest BCUT2D eigenvalue weighted by atomic mass is 10.0. The molecule has 1 aliphatic heterocycles. The molecular formula is C21H25Cl2N7OS. The molecular weight excluding hydrogens is 469 g/mol. The summed E-state index contributed by atoms with van der Waals surface area (Å²) in [6.45, 7) is 2.20. The second kappa shape index (κ2) is 9.99. The lowest BCUT2D eigenvalue weighted by Gasteiger charge is -2.35. The van der Waals surface area contributed by atoms with Crippen LogP contribution in [0.15, 0.2) is 36.7 Å². The molecule has 0 radical (unpaired) electrons. The fourth-order valence-corrected chi connectivity index (χ4v) is 4.93. The number of phenols is 1. The molecule has 0 unspecified atom stereocenters. The van der Waals surface area contributed by atoms with Gasteiger partial charge in [-0.05, 0) is 50.2 Å². The molecule has 8 nitrogen and oxygen atoms in total. The van der Waals surface area contributed by atoms with E-state index in [9.17, 15) is 5.11 Å². The van der Waals surface area contributed by atoms with Gasteiger partial charge in [-0.2, -0.15) is 10.1 Å². The van der Waals surface area contributed by atoms with Crippen molar-refractivity contribution < 1.29 is 5.11 Å². The van der Waals surface area contributed by atoms with Crippen molar-refractivity contribution in [3.63, 3.8) is 0 Å². The number of likely N-dealkylation sites (N-methyl/N-ethyl adjacent to an activating group) is 2. The molecule has 1 atom stereocenters. The lowest BCUT2D eigenvalue weighted by Crippen LogP contribution is -2.45. The van der Waals surface area contributed by atoms with Gasteiger partial charge < -0.3 is 14.9 Å². The van der Waals surface area contributed by atoms with Crippen LogP contribution in [0.4, 0.5) is 5.13 Å². The molecule has 4 heterocycles. The minimum absolute atomic E-state index is 0. The highest BCUT2D eigenvalue weighted by Crippen LogP contribution is 2.35. The van der Waals surface area contributed by atoms with Crippen molar-refractivity contribution in [3.8, 4) is 28.1 Å². The summed E-state index contributed by atoms with van der Waals surface area (Å²) in [4.78, 5) is 9.33. The topological polar surface area (TPSA) is 94.1 Å². The largest absolute Gasteiger partial charge is 0.507 e. The van der Waals surface area contributed by atoms with Gasteiger partial charge in [0.25, 0.3) is 0 Å². The molecule has 170 valence electrons. The Bertz CT molecular complexity index is 1180. The van der Waals surface area contributed by atoms with Gasteiger partial charge in [0.2, 0.25) is 0 Å². The molecule has 0 spiro atoms. The van der Waals surface area contributed by atoms with Gasteiger partial charge in [0.1, 0.15) is 5.75 Å². The van der Waals surface area contributed by atoms with Crippen LogP contribution < -0.4 is 4.90 Å². The molecule has 1 fully saturated rings. The molecule has 0 amide bonds. The zero-order chi connectivity index (χ0) is 20.7. The number of aromatic amines is 1. The minimum atomic E-state index is 0.